The Kier molecular flexibility index (Phi) is 6.98. The van der Waals surface area contributed by atoms with Crippen LogP contribution in [0.25, 0.3) is 82.4 Å². The minimum absolute atomic E-state index is 0.179. The lowest BCUT2D eigenvalue weighted by Gasteiger charge is -2.27. The Balaban J connectivity index is 1.07. The van der Waals surface area contributed by atoms with Crippen molar-refractivity contribution in [3.8, 4) is 39.1 Å². The number of hydrogen-bond donors (Lipinski definition) is 0. The second-order valence-corrected chi connectivity index (χ2v) is 14.6. The highest BCUT2D eigenvalue weighted by Crippen LogP contribution is 2.43. The molecule has 0 radical (unpaired) electrons. The van der Waals surface area contributed by atoms with Gasteiger partial charge < -0.3 is 9.47 Å². The monoisotopic (exact) mass is 743 g/mol. The molecule has 11 aromatic rings. The minimum atomic E-state index is -0.404. The van der Waals surface area contributed by atoms with Crippen molar-refractivity contribution < 1.29 is 6.85 Å². The maximum atomic E-state index is 8.62. The van der Waals surface area contributed by atoms with Crippen molar-refractivity contribution in [3.63, 3.8) is 0 Å². The largest absolute Gasteiger partial charge is 0.310 e. The summed E-state index contributed by atoms with van der Waals surface area (Å²) in [5, 5.41) is 6.96. The first-order valence-corrected chi connectivity index (χ1v) is 19.5. The Morgan fingerprint density at radius 3 is 1.72 bits per heavy atom. The number of para-hydroxylation sites is 1. The molecule has 0 aliphatic carbocycles. The Morgan fingerprint density at radius 1 is 0.362 bits per heavy atom. The topological polar surface area (TPSA) is 8.17 Å². The fourth-order valence-electron chi connectivity index (χ4n) is 8.58. The predicted molar refractivity (Wildman–Crippen MR) is 247 cm³/mol. The third-order valence-corrected chi connectivity index (χ3v) is 11.3. The first-order chi connectivity index (χ1) is 30.9. The zero-order valence-electron chi connectivity index (χ0n) is 36.4. The van der Waals surface area contributed by atoms with Crippen LogP contribution < -0.4 is 4.90 Å². The molecule has 0 amide bonds. The molecule has 2 heteroatoms. The van der Waals surface area contributed by atoms with E-state index in [-0.39, 0.29) is 29.7 Å². The van der Waals surface area contributed by atoms with Crippen LogP contribution in [-0.4, -0.2) is 4.57 Å². The normalized spacial score (nSPS) is 12.7. The molecule has 0 aliphatic heterocycles. The molecule has 0 saturated carbocycles. The molecule has 11 rings (SSSR count). The minimum Gasteiger partial charge on any atom is -0.310 e. The SMILES string of the molecule is [2H]c1c([2H])c([2H])c(-c2ccc(N(c3ccc(-c4ccccc4)cc3)c3cccc4c(-c5ccc6c(c5)c5ccccc5n6-c5cccc6ccccc56)cccc34)cc2)c([2H])c1[2H]. The number of hydrogen-bond acceptors (Lipinski definition) is 1. The average molecular weight is 744 g/mol. The Hall–Kier alpha value is -7.68. The highest BCUT2D eigenvalue weighted by molar-refractivity contribution is 6.13. The van der Waals surface area contributed by atoms with E-state index in [1.807, 2.05) is 42.5 Å². The summed E-state index contributed by atoms with van der Waals surface area (Å²) >= 11 is 0. The first-order valence-electron chi connectivity index (χ1n) is 22.0. The van der Waals surface area contributed by atoms with Crippen molar-refractivity contribution in [1.29, 1.82) is 0 Å². The number of rotatable bonds is 7. The molecule has 0 bridgehead atoms. The number of anilines is 3. The zero-order chi connectivity index (χ0) is 42.8. The van der Waals surface area contributed by atoms with E-state index < -0.39 is 6.04 Å². The van der Waals surface area contributed by atoms with Gasteiger partial charge in [-0.15, -0.1) is 0 Å². The number of fused-ring (bicyclic) bond motifs is 5. The van der Waals surface area contributed by atoms with Gasteiger partial charge in [-0.3, -0.25) is 0 Å². The van der Waals surface area contributed by atoms with Crippen molar-refractivity contribution in [3.05, 3.63) is 230 Å². The summed E-state index contributed by atoms with van der Waals surface area (Å²) in [6.45, 7) is 0. The number of benzene rings is 10. The lowest BCUT2D eigenvalue weighted by atomic mass is 9.95. The lowest BCUT2D eigenvalue weighted by molar-refractivity contribution is 1.20. The van der Waals surface area contributed by atoms with Gasteiger partial charge in [-0.2, -0.15) is 0 Å². The first kappa shape index (κ1) is 28.7. The Labute approximate surface area is 345 Å². The molecule has 1 aromatic heterocycles. The quantitative estimate of drug-likeness (QED) is 0.158. The molecule has 0 N–H and O–H groups in total. The van der Waals surface area contributed by atoms with Gasteiger partial charge in [0.1, 0.15) is 0 Å². The molecule has 0 saturated heterocycles. The fraction of sp³-hybridized carbons (Fsp3) is 0. The van der Waals surface area contributed by atoms with Crippen LogP contribution in [0.15, 0.2) is 230 Å². The van der Waals surface area contributed by atoms with Crippen LogP contribution in [0, 0.1) is 0 Å². The highest BCUT2D eigenvalue weighted by Gasteiger charge is 2.19. The summed E-state index contributed by atoms with van der Waals surface area (Å²) in [5.41, 5.74) is 11.4. The summed E-state index contributed by atoms with van der Waals surface area (Å²) < 4.78 is 44.3. The van der Waals surface area contributed by atoms with Crippen molar-refractivity contribution >= 4 is 60.4 Å². The van der Waals surface area contributed by atoms with Gasteiger partial charge in [-0.1, -0.05) is 176 Å². The molecule has 0 unspecified atom stereocenters. The molecule has 0 aliphatic rings. The maximum absolute atomic E-state index is 8.62. The number of nitrogens with zero attached hydrogens (tertiary/aromatic N) is 2. The summed E-state index contributed by atoms with van der Waals surface area (Å²) in [6.07, 6.45) is 0. The van der Waals surface area contributed by atoms with Gasteiger partial charge >= 0.3 is 0 Å². The van der Waals surface area contributed by atoms with E-state index in [2.05, 4.69) is 167 Å². The predicted octanol–water partition coefficient (Wildman–Crippen LogP) is 15.6. The van der Waals surface area contributed by atoms with Gasteiger partial charge in [0.2, 0.25) is 0 Å². The van der Waals surface area contributed by atoms with E-state index in [0.29, 0.717) is 5.56 Å². The van der Waals surface area contributed by atoms with Crippen LogP contribution >= 0.6 is 0 Å². The van der Waals surface area contributed by atoms with Gasteiger partial charge in [-0.05, 0) is 98.8 Å². The molecule has 0 fully saturated rings. The van der Waals surface area contributed by atoms with E-state index in [9.17, 15) is 0 Å². The molecule has 10 aromatic carbocycles. The summed E-state index contributed by atoms with van der Waals surface area (Å²) in [7, 11) is 0. The fourth-order valence-corrected chi connectivity index (χ4v) is 8.58. The third kappa shape index (κ3) is 5.74. The van der Waals surface area contributed by atoms with Gasteiger partial charge in [0.05, 0.1) is 29.3 Å². The van der Waals surface area contributed by atoms with Crippen molar-refractivity contribution in [1.82, 2.24) is 4.57 Å². The Bertz CT molecular complexity index is 3530. The lowest BCUT2D eigenvalue weighted by Crippen LogP contribution is -2.10. The van der Waals surface area contributed by atoms with E-state index in [4.69, 9.17) is 6.85 Å². The molecular formula is C56H38N2. The van der Waals surface area contributed by atoms with E-state index >= 15 is 0 Å². The number of aromatic nitrogens is 1. The Morgan fingerprint density at radius 2 is 0.931 bits per heavy atom. The molecule has 58 heavy (non-hydrogen) atoms. The molecule has 0 atom stereocenters. The van der Waals surface area contributed by atoms with Gasteiger partial charge in [0.25, 0.3) is 0 Å². The molecule has 1 heterocycles. The van der Waals surface area contributed by atoms with Crippen LogP contribution in [0.5, 0.6) is 0 Å². The maximum Gasteiger partial charge on any atom is 0.0629 e. The van der Waals surface area contributed by atoms with Gasteiger partial charge in [0, 0.05) is 32.9 Å². The van der Waals surface area contributed by atoms with Crippen LogP contribution in [-0.2, 0) is 0 Å². The summed E-state index contributed by atoms with van der Waals surface area (Å²) in [5.74, 6) is 0. The van der Waals surface area contributed by atoms with E-state index in [1.165, 1.54) is 21.5 Å². The van der Waals surface area contributed by atoms with Crippen LogP contribution in [0.3, 0.4) is 0 Å². The van der Waals surface area contributed by atoms with Crippen molar-refractivity contribution in [2.75, 3.05) is 4.90 Å². The third-order valence-electron chi connectivity index (χ3n) is 11.3. The second kappa shape index (κ2) is 14.1. The smallest absolute Gasteiger partial charge is 0.0629 e. The van der Waals surface area contributed by atoms with Crippen LogP contribution in [0.4, 0.5) is 17.1 Å². The zero-order valence-corrected chi connectivity index (χ0v) is 31.4. The van der Waals surface area contributed by atoms with Gasteiger partial charge in [0.15, 0.2) is 0 Å². The van der Waals surface area contributed by atoms with Crippen LogP contribution in [0.2, 0.25) is 0 Å². The molecule has 272 valence electrons. The average Bonchev–Trinajstić information content (AvgIpc) is 3.67. The summed E-state index contributed by atoms with van der Waals surface area (Å²) in [4.78, 5) is 2.23. The van der Waals surface area contributed by atoms with Crippen LogP contribution in [0.1, 0.15) is 6.85 Å². The standard InChI is InChI=1S/C56H38N2/c1-3-14-39(15-4-1)41-28-33-45(34-29-41)57(46-35-30-42(31-36-46)40-16-5-2-6-17-40)54-27-13-23-49-47(22-12-24-50(49)54)44-32-37-56-52(38-44)51-21-9-10-25-55(51)58(56)53-26-11-19-43-18-7-8-20-48(43)53/h1-38H/i1D,3D,4D,14D,15D. The van der Waals surface area contributed by atoms with Gasteiger partial charge in [-0.25, -0.2) is 0 Å². The highest BCUT2D eigenvalue weighted by atomic mass is 15.1. The molecular weight excluding hydrogens is 701 g/mol. The molecule has 2 nitrogen and oxygen atoms in total. The van der Waals surface area contributed by atoms with Crippen molar-refractivity contribution in [2.24, 2.45) is 0 Å². The second-order valence-electron chi connectivity index (χ2n) is 14.6. The molecule has 0 spiro atoms. The summed E-state index contributed by atoms with van der Waals surface area (Å²) in [6, 6.07) is 68.4. The van der Waals surface area contributed by atoms with Crippen molar-refractivity contribution in [2.45, 2.75) is 0 Å². The van der Waals surface area contributed by atoms with E-state index in [0.717, 1.165) is 66.8 Å². The van der Waals surface area contributed by atoms with E-state index in [1.54, 1.807) is 0 Å².